The molecule has 1 saturated heterocycles. The fourth-order valence-corrected chi connectivity index (χ4v) is 19.7. The number of thioether (sulfide) groups is 4. The Balaban J connectivity index is 0.000000171. The molecule has 8 aromatic carbocycles. The van der Waals surface area contributed by atoms with Crippen LogP contribution in [-0.2, 0) is 19.2 Å². The van der Waals surface area contributed by atoms with Crippen LogP contribution in [0, 0.1) is 124 Å². The lowest BCUT2D eigenvalue weighted by molar-refractivity contribution is -0.143. The molecule has 1 heterocycles. The molecule has 0 spiro atoms. The minimum Gasteiger partial charge on any atom is -0.481 e. The summed E-state index contributed by atoms with van der Waals surface area (Å²) in [5.74, 6) is -20.8. The highest BCUT2D eigenvalue weighted by atomic mass is 32.2. The van der Waals surface area contributed by atoms with Gasteiger partial charge in [-0.3, -0.25) is 38.4 Å². The summed E-state index contributed by atoms with van der Waals surface area (Å²) in [6.45, 7) is 6.77. The third-order valence-corrected chi connectivity index (χ3v) is 27.2. The average Bonchev–Trinajstić information content (AvgIpc) is 0.672. The van der Waals surface area contributed by atoms with E-state index in [1.165, 1.54) is 84.2 Å². The molecule has 0 aromatic heterocycles. The maximum absolute atomic E-state index is 14.5. The van der Waals surface area contributed by atoms with Gasteiger partial charge in [0.25, 0.3) is 23.6 Å². The smallest absolute Gasteiger partial charge is 0.306 e. The number of rotatable bonds is 21. The van der Waals surface area contributed by atoms with Crippen molar-refractivity contribution in [3.63, 3.8) is 0 Å². The Morgan fingerprint density at radius 3 is 0.893 bits per heavy atom. The Morgan fingerprint density at radius 1 is 0.336 bits per heavy atom. The van der Waals surface area contributed by atoms with Crippen LogP contribution in [0.4, 0.5) is 88.6 Å². The molecule has 122 heavy (non-hydrogen) atoms. The molecule has 14 nitrogen and oxygen atoms in total. The van der Waals surface area contributed by atoms with Gasteiger partial charge in [-0.25, -0.2) is 65.9 Å². The number of aliphatic carboxylic acids is 1. The predicted molar refractivity (Wildman–Crippen MR) is 438 cm³/mol. The molecule has 5 fully saturated rings. The topological polar surface area (TPSA) is 208 Å². The second-order valence-corrected chi connectivity index (χ2v) is 35.6. The molecule has 5 amide bonds. The average molecular weight is 1780 g/mol. The summed E-state index contributed by atoms with van der Waals surface area (Å²) in [5, 5.41) is 18.8. The van der Waals surface area contributed by atoms with E-state index in [2.05, 4.69) is 21.3 Å². The largest absolute Gasteiger partial charge is 0.481 e. The van der Waals surface area contributed by atoms with Crippen molar-refractivity contribution in [3.8, 4) is 0 Å². The van der Waals surface area contributed by atoms with Gasteiger partial charge in [0.15, 0.2) is 69.8 Å². The van der Waals surface area contributed by atoms with Crippen molar-refractivity contribution in [1.82, 2.24) is 4.90 Å². The number of carboxylic acids is 1. The van der Waals surface area contributed by atoms with Crippen LogP contribution in [0.5, 0.6) is 0 Å². The van der Waals surface area contributed by atoms with Crippen LogP contribution < -0.4 is 21.3 Å². The van der Waals surface area contributed by atoms with Crippen molar-refractivity contribution >= 4 is 117 Å². The Labute approximate surface area is 711 Å². The van der Waals surface area contributed by atoms with Gasteiger partial charge in [0.05, 0.1) is 5.92 Å². The fraction of sp³-hybridized carbons (Fsp3) is 0.371. The standard InChI is InChI=1S/C25H26F4N2O2S.C22H22F3NO3S.2C21H19F4NO2S/c26-19-9-6-16(24(32)30-17-13-20(27)23(29)21(28)14-17)12-22(19)34-18-7-4-15(5-8-18)25(33)31-10-2-1-3-11-31;1-12-2-5-15(21(27)26-16-9-17(23)20(25)18(24)10-16)8-19(12)30-11-13-3-6-14(7-4-13)22(28)29;2*1-11(27)12-2-5-15(6-3-12)29-19-8-13(4-7-16(19)22)21(28)26-14-9-17(23)20(25)18(24)10-14/h6,9,12-15,18H,1-5,7-8,10-11H2,(H,30,32);2,5,8-10,13-14H,3-4,6-7,11H2,1H3,(H,26,27)(H,28,29);2*4,7-10,12,15H,2-3,5-6H2,1H3,(H,26,28). The number of halogens is 15. The summed E-state index contributed by atoms with van der Waals surface area (Å²) in [4.78, 5) is 100. The number of carboxylic acid groups (broad SMARTS) is 1. The lowest BCUT2D eigenvalue weighted by Gasteiger charge is -2.33. The molecule has 33 heteroatoms. The molecule has 0 radical (unpaired) electrons. The summed E-state index contributed by atoms with van der Waals surface area (Å²) < 4.78 is 202. The van der Waals surface area contributed by atoms with Gasteiger partial charge in [-0.15, -0.1) is 47.0 Å². The van der Waals surface area contributed by atoms with E-state index in [0.717, 1.165) is 156 Å². The first-order valence-electron chi connectivity index (χ1n) is 39.5. The second-order valence-electron chi connectivity index (χ2n) is 30.5. The van der Waals surface area contributed by atoms with Gasteiger partial charge in [0.2, 0.25) is 5.91 Å². The van der Waals surface area contributed by atoms with E-state index in [-0.39, 0.29) is 96.3 Å². The molecular weight excluding hydrogens is 1700 g/mol. The van der Waals surface area contributed by atoms with Crippen LogP contribution >= 0.6 is 47.0 Å². The number of benzene rings is 8. The summed E-state index contributed by atoms with van der Waals surface area (Å²) in [7, 11) is 0. The van der Waals surface area contributed by atoms with Crippen molar-refractivity contribution in [2.75, 3.05) is 40.1 Å². The van der Waals surface area contributed by atoms with Gasteiger partial charge in [-0.1, -0.05) is 6.07 Å². The van der Waals surface area contributed by atoms with Gasteiger partial charge in [-0.05, 0) is 221 Å². The van der Waals surface area contributed by atoms with Crippen LogP contribution in [0.1, 0.15) is 183 Å². The van der Waals surface area contributed by atoms with Crippen molar-refractivity contribution < 1.29 is 109 Å². The molecule has 0 unspecified atom stereocenters. The molecule has 0 atom stereocenters. The lowest BCUT2D eigenvalue weighted by atomic mass is 9.83. The third kappa shape index (κ3) is 26.4. The van der Waals surface area contributed by atoms with Crippen LogP contribution in [-0.4, -0.2) is 91.7 Å². The Kier molecular flexibility index (Phi) is 34.1. The number of carbonyl (C=O) groups is 8. The van der Waals surface area contributed by atoms with Gasteiger partial charge in [0.1, 0.15) is 29.0 Å². The molecule has 13 rings (SSSR count). The Bertz CT molecular complexity index is 4920. The molecule has 0 bridgehead atoms. The van der Waals surface area contributed by atoms with E-state index >= 15 is 0 Å². The van der Waals surface area contributed by atoms with Crippen LogP contribution in [0.3, 0.4) is 0 Å². The molecule has 4 saturated carbocycles. The fourth-order valence-electron chi connectivity index (χ4n) is 14.7. The van der Waals surface area contributed by atoms with Gasteiger partial charge in [-0.2, -0.15) is 0 Å². The quantitative estimate of drug-likeness (QED) is 0.0258. The highest BCUT2D eigenvalue weighted by Crippen LogP contribution is 2.43. The van der Waals surface area contributed by atoms with Crippen LogP contribution in [0.2, 0.25) is 0 Å². The normalized spacial score (nSPS) is 19.5. The molecule has 5 N–H and O–H groups in total. The number of likely N-dealkylation sites (tertiary alicyclic amines) is 1. The first-order chi connectivity index (χ1) is 58.0. The van der Waals surface area contributed by atoms with Crippen LogP contribution in [0.25, 0.3) is 0 Å². The molecular formula is C89H86F15N5O9S4. The van der Waals surface area contributed by atoms with E-state index in [1.54, 1.807) is 43.8 Å². The first-order valence-corrected chi connectivity index (χ1v) is 43.2. The summed E-state index contributed by atoms with van der Waals surface area (Å²) >= 11 is 5.57. The zero-order chi connectivity index (χ0) is 88.3. The van der Waals surface area contributed by atoms with Crippen LogP contribution in [0.15, 0.2) is 141 Å². The zero-order valence-electron chi connectivity index (χ0n) is 66.2. The zero-order valence-corrected chi connectivity index (χ0v) is 69.5. The number of ketones is 2. The number of anilines is 4. The summed E-state index contributed by atoms with van der Waals surface area (Å²) in [5.41, 5.74) is 0.756. The van der Waals surface area contributed by atoms with E-state index in [1.807, 2.05) is 11.8 Å². The van der Waals surface area contributed by atoms with E-state index in [9.17, 15) is 104 Å². The Morgan fingerprint density at radius 2 is 0.607 bits per heavy atom. The predicted octanol–water partition coefficient (Wildman–Crippen LogP) is 23.3. The number of nitrogens with zero attached hydrogens (tertiary/aromatic N) is 1. The Hall–Kier alpha value is -9.73. The molecule has 650 valence electrons. The highest BCUT2D eigenvalue weighted by molar-refractivity contribution is 8.00. The van der Waals surface area contributed by atoms with E-state index in [4.69, 9.17) is 5.11 Å². The third-order valence-electron chi connectivity index (χ3n) is 21.7. The maximum atomic E-state index is 14.5. The number of amides is 5. The van der Waals surface area contributed by atoms with E-state index < -0.39 is 117 Å². The number of hydrogen-bond donors (Lipinski definition) is 5. The molecule has 1 aliphatic heterocycles. The number of nitrogens with one attached hydrogen (secondary N) is 4. The van der Waals surface area contributed by atoms with E-state index in [0.29, 0.717) is 75.4 Å². The minimum absolute atomic E-state index is 0.0217. The molecule has 4 aliphatic carbocycles. The van der Waals surface area contributed by atoms with Gasteiger partial charge < -0.3 is 31.3 Å². The van der Waals surface area contributed by atoms with Crippen molar-refractivity contribution in [1.29, 1.82) is 0 Å². The van der Waals surface area contributed by atoms with Gasteiger partial charge in [0, 0.05) is 165 Å². The number of hydrogen-bond acceptors (Lipinski definition) is 12. The SMILES string of the molecule is CC(=O)C1CCC(Sc2cc(C(=O)Nc3cc(F)c(F)c(F)c3)ccc2F)CC1.CC(=O)C1CCC(Sc2cc(C(=O)Nc3cc(F)c(F)c(F)c3)ccc2F)CC1.Cc1ccc(C(=O)Nc2cc(F)c(F)c(F)c2)cc1SCC1CCC(C(=O)O)CC1.O=C(Nc1cc(F)c(F)c(F)c1)c1ccc(F)c(SC2CCC(C(=O)N3CCCCC3)CC2)c1. The number of carbonyl (C=O) groups excluding carboxylic acids is 7. The monoisotopic (exact) mass is 1780 g/mol. The highest BCUT2D eigenvalue weighted by Gasteiger charge is 2.34. The maximum Gasteiger partial charge on any atom is 0.306 e. The summed E-state index contributed by atoms with van der Waals surface area (Å²) in [6, 6.07) is 22.1. The molecule has 5 aliphatic rings. The number of Topliss-reactive ketones (excluding diaryl/α,β-unsaturated/α-hetero) is 2. The minimum atomic E-state index is -1.62. The van der Waals surface area contributed by atoms with Crippen molar-refractivity contribution in [3.05, 3.63) is 236 Å². The first kappa shape index (κ1) is 94.5. The molecule has 8 aromatic rings. The number of aryl methyl sites for hydroxylation is 1. The van der Waals surface area contributed by atoms with Crippen molar-refractivity contribution in [2.24, 2.45) is 29.6 Å². The number of piperidine rings is 1. The summed E-state index contributed by atoms with van der Waals surface area (Å²) in [6.07, 6.45) is 15.6. The lowest BCUT2D eigenvalue weighted by Crippen LogP contribution is -2.41. The van der Waals surface area contributed by atoms with Crippen molar-refractivity contribution in [2.45, 2.75) is 178 Å². The second kappa shape index (κ2) is 44.0. The van der Waals surface area contributed by atoms with Gasteiger partial charge >= 0.3 is 5.97 Å².